The summed E-state index contributed by atoms with van der Waals surface area (Å²) < 4.78 is 1.68. The second-order valence-electron chi connectivity index (χ2n) is 5.41. The van der Waals surface area contributed by atoms with Gasteiger partial charge in [-0.05, 0) is 42.9 Å². The van der Waals surface area contributed by atoms with Gasteiger partial charge >= 0.3 is 11.7 Å². The highest BCUT2D eigenvalue weighted by Crippen LogP contribution is 2.50. The zero-order valence-corrected chi connectivity index (χ0v) is 10.8. The third kappa shape index (κ3) is 1.95. The summed E-state index contributed by atoms with van der Waals surface area (Å²) in [7, 11) is 0. The minimum atomic E-state index is -0.973. The van der Waals surface area contributed by atoms with Gasteiger partial charge in [0, 0.05) is 6.54 Å². The lowest BCUT2D eigenvalue weighted by molar-refractivity contribution is 0.0697. The van der Waals surface area contributed by atoms with Crippen LogP contribution in [0.2, 0.25) is 0 Å². The number of fused-ring (bicyclic) bond motifs is 1. The first-order valence-electron chi connectivity index (χ1n) is 6.50. The molecule has 0 unspecified atom stereocenters. The average molecular weight is 260 g/mol. The van der Waals surface area contributed by atoms with E-state index in [1.807, 2.05) is 0 Å². The van der Waals surface area contributed by atoms with Crippen LogP contribution in [-0.4, -0.2) is 20.6 Å². The maximum Gasteiger partial charge on any atom is 0.335 e. The van der Waals surface area contributed by atoms with Gasteiger partial charge in [0.05, 0.1) is 16.6 Å². The number of imidazole rings is 1. The van der Waals surface area contributed by atoms with E-state index in [0.717, 1.165) is 19.3 Å². The molecule has 1 aromatic heterocycles. The first-order valence-corrected chi connectivity index (χ1v) is 6.50. The Morgan fingerprint density at radius 3 is 2.79 bits per heavy atom. The number of aromatic nitrogens is 2. The molecule has 0 aliphatic heterocycles. The Morgan fingerprint density at radius 1 is 1.47 bits per heavy atom. The molecule has 1 aliphatic rings. The van der Waals surface area contributed by atoms with Gasteiger partial charge in [-0.1, -0.05) is 6.92 Å². The highest BCUT2D eigenvalue weighted by atomic mass is 16.4. The van der Waals surface area contributed by atoms with Crippen molar-refractivity contribution in [2.75, 3.05) is 0 Å². The Bertz CT molecular complexity index is 707. The predicted octanol–water partition coefficient (Wildman–Crippen LogP) is 2.22. The lowest BCUT2D eigenvalue weighted by Crippen LogP contribution is -2.22. The van der Waals surface area contributed by atoms with Crippen LogP contribution in [0.15, 0.2) is 23.0 Å². The Kier molecular flexibility index (Phi) is 2.52. The molecule has 0 atom stereocenters. The molecular formula is C14H16N2O3. The molecule has 2 N–H and O–H groups in total. The molecule has 1 fully saturated rings. The second kappa shape index (κ2) is 3.98. The topological polar surface area (TPSA) is 75.1 Å². The number of aromatic amines is 1. The SMILES string of the molecule is CCC1(Cn2c(=O)[nH]c3ccc(C(=O)O)cc32)CC1. The molecule has 3 rings (SSSR count). The molecule has 1 heterocycles. The van der Waals surface area contributed by atoms with Crippen molar-refractivity contribution < 1.29 is 9.90 Å². The number of nitrogens with one attached hydrogen (secondary N) is 1. The summed E-state index contributed by atoms with van der Waals surface area (Å²) in [4.78, 5) is 25.8. The van der Waals surface area contributed by atoms with Gasteiger partial charge in [0.15, 0.2) is 0 Å². The van der Waals surface area contributed by atoms with E-state index in [1.54, 1.807) is 16.7 Å². The highest BCUT2D eigenvalue weighted by Gasteiger charge is 2.41. The standard InChI is InChI=1S/C14H16N2O3/c1-2-14(5-6-14)8-16-11-7-9(12(17)18)3-4-10(11)15-13(16)19/h3-4,7H,2,5-6,8H2,1H3,(H,15,19)(H,17,18). The number of carboxylic acids is 1. The summed E-state index contributed by atoms with van der Waals surface area (Å²) in [5.41, 5.74) is 1.67. The monoisotopic (exact) mass is 260 g/mol. The summed E-state index contributed by atoms with van der Waals surface area (Å²) in [6.45, 7) is 2.81. The van der Waals surface area contributed by atoms with Gasteiger partial charge in [-0.2, -0.15) is 0 Å². The van der Waals surface area contributed by atoms with Crippen LogP contribution in [0.4, 0.5) is 0 Å². The molecule has 0 spiro atoms. The van der Waals surface area contributed by atoms with Gasteiger partial charge < -0.3 is 10.1 Å². The van der Waals surface area contributed by atoms with Crippen molar-refractivity contribution in [1.29, 1.82) is 0 Å². The van der Waals surface area contributed by atoms with Crippen molar-refractivity contribution in [3.63, 3.8) is 0 Å². The number of hydrogen-bond donors (Lipinski definition) is 2. The van der Waals surface area contributed by atoms with E-state index in [0.29, 0.717) is 17.6 Å². The van der Waals surface area contributed by atoms with E-state index in [9.17, 15) is 9.59 Å². The lowest BCUT2D eigenvalue weighted by Gasteiger charge is -2.13. The molecule has 1 saturated carbocycles. The fourth-order valence-electron chi connectivity index (χ4n) is 2.58. The molecule has 1 aliphatic carbocycles. The van der Waals surface area contributed by atoms with Crippen LogP contribution in [0.5, 0.6) is 0 Å². The van der Waals surface area contributed by atoms with Crippen molar-refractivity contribution in [3.05, 3.63) is 34.2 Å². The van der Waals surface area contributed by atoms with Crippen molar-refractivity contribution in [1.82, 2.24) is 9.55 Å². The fraction of sp³-hybridized carbons (Fsp3) is 0.429. The molecule has 5 nitrogen and oxygen atoms in total. The number of rotatable bonds is 4. The number of nitrogens with zero attached hydrogens (tertiary/aromatic N) is 1. The largest absolute Gasteiger partial charge is 0.478 e. The zero-order valence-electron chi connectivity index (χ0n) is 10.8. The van der Waals surface area contributed by atoms with Crippen LogP contribution in [0, 0.1) is 5.41 Å². The molecule has 100 valence electrons. The smallest absolute Gasteiger partial charge is 0.335 e. The Labute approximate surface area is 109 Å². The summed E-state index contributed by atoms with van der Waals surface area (Å²) in [5.74, 6) is -0.973. The highest BCUT2D eigenvalue weighted by molar-refractivity contribution is 5.92. The van der Waals surface area contributed by atoms with Crippen molar-refractivity contribution in [2.24, 2.45) is 5.41 Å². The molecule has 0 amide bonds. The van der Waals surface area contributed by atoms with Crippen LogP contribution in [-0.2, 0) is 6.54 Å². The quantitative estimate of drug-likeness (QED) is 0.885. The maximum absolute atomic E-state index is 12.0. The predicted molar refractivity (Wildman–Crippen MR) is 71.5 cm³/mol. The molecule has 19 heavy (non-hydrogen) atoms. The van der Waals surface area contributed by atoms with Gasteiger partial charge in [0.1, 0.15) is 0 Å². The third-order valence-corrected chi connectivity index (χ3v) is 4.22. The number of carbonyl (C=O) groups is 1. The minimum Gasteiger partial charge on any atom is -0.478 e. The van der Waals surface area contributed by atoms with Gasteiger partial charge in [-0.15, -0.1) is 0 Å². The molecule has 0 radical (unpaired) electrons. The van der Waals surface area contributed by atoms with E-state index in [1.165, 1.54) is 6.07 Å². The van der Waals surface area contributed by atoms with Crippen molar-refractivity contribution in [2.45, 2.75) is 32.7 Å². The van der Waals surface area contributed by atoms with Gasteiger partial charge in [-0.3, -0.25) is 4.57 Å². The van der Waals surface area contributed by atoms with E-state index in [2.05, 4.69) is 11.9 Å². The Morgan fingerprint density at radius 2 is 2.21 bits per heavy atom. The van der Waals surface area contributed by atoms with Crippen LogP contribution in [0.25, 0.3) is 11.0 Å². The second-order valence-corrected chi connectivity index (χ2v) is 5.41. The van der Waals surface area contributed by atoms with E-state index in [-0.39, 0.29) is 16.7 Å². The summed E-state index contributed by atoms with van der Waals surface area (Å²) >= 11 is 0. The molecule has 1 aromatic carbocycles. The van der Waals surface area contributed by atoms with Gasteiger partial charge in [0.2, 0.25) is 0 Å². The van der Waals surface area contributed by atoms with E-state index in [4.69, 9.17) is 5.11 Å². The minimum absolute atomic E-state index is 0.155. The Hall–Kier alpha value is -2.04. The molecule has 2 aromatic rings. The molecule has 5 heteroatoms. The normalized spacial score (nSPS) is 16.7. The van der Waals surface area contributed by atoms with Crippen LogP contribution in [0.3, 0.4) is 0 Å². The van der Waals surface area contributed by atoms with Crippen LogP contribution in [0.1, 0.15) is 36.5 Å². The summed E-state index contributed by atoms with van der Waals surface area (Å²) in [6, 6.07) is 4.74. The van der Waals surface area contributed by atoms with Gasteiger partial charge in [0.25, 0.3) is 0 Å². The van der Waals surface area contributed by atoms with Crippen LogP contribution < -0.4 is 5.69 Å². The molecular weight excluding hydrogens is 244 g/mol. The molecule has 0 saturated heterocycles. The Balaban J connectivity index is 2.11. The van der Waals surface area contributed by atoms with E-state index >= 15 is 0 Å². The van der Waals surface area contributed by atoms with Crippen molar-refractivity contribution >= 4 is 17.0 Å². The van der Waals surface area contributed by atoms with Crippen LogP contribution >= 0.6 is 0 Å². The van der Waals surface area contributed by atoms with Crippen molar-refractivity contribution in [3.8, 4) is 0 Å². The number of benzene rings is 1. The first kappa shape index (κ1) is 12.0. The number of aromatic carboxylic acids is 1. The number of hydrogen-bond acceptors (Lipinski definition) is 2. The summed E-state index contributed by atoms with van der Waals surface area (Å²) in [5, 5.41) is 9.04. The summed E-state index contributed by atoms with van der Waals surface area (Å²) in [6.07, 6.45) is 3.33. The molecule has 0 bridgehead atoms. The average Bonchev–Trinajstić information content (AvgIpc) is 3.10. The lowest BCUT2D eigenvalue weighted by atomic mass is 10.0. The maximum atomic E-state index is 12.0. The number of carboxylic acid groups (broad SMARTS) is 1. The number of H-pyrrole nitrogens is 1. The van der Waals surface area contributed by atoms with E-state index < -0.39 is 5.97 Å². The zero-order chi connectivity index (χ0) is 13.6. The fourth-order valence-corrected chi connectivity index (χ4v) is 2.58. The first-order chi connectivity index (χ1) is 9.04. The third-order valence-electron chi connectivity index (χ3n) is 4.22. The van der Waals surface area contributed by atoms with Gasteiger partial charge in [-0.25, -0.2) is 9.59 Å².